The zero-order valence-electron chi connectivity index (χ0n) is 20.5. The van der Waals surface area contributed by atoms with Gasteiger partial charge < -0.3 is 31.9 Å². The minimum absolute atomic E-state index is 0. The first kappa shape index (κ1) is 27.9. The second-order valence-corrected chi connectivity index (χ2v) is 8.05. The van der Waals surface area contributed by atoms with Gasteiger partial charge in [0.1, 0.15) is 0 Å². The van der Waals surface area contributed by atoms with Gasteiger partial charge in [-0.15, -0.1) is 62.1 Å². The third-order valence-corrected chi connectivity index (χ3v) is 5.48. The maximum absolute atomic E-state index is 4.35. The third-order valence-electron chi connectivity index (χ3n) is 5.48. The fraction of sp³-hybridized carbons (Fsp3) is 0.200. The molecule has 0 bridgehead atoms. The molecular weight excluding hydrogens is 545 g/mol. The van der Waals surface area contributed by atoms with E-state index in [9.17, 15) is 0 Å². The van der Waals surface area contributed by atoms with Crippen molar-refractivity contribution < 1.29 is 19.5 Å². The predicted molar refractivity (Wildman–Crippen MR) is 153 cm³/mol. The van der Waals surface area contributed by atoms with Crippen LogP contribution in [0.1, 0.15) is 0 Å². The Labute approximate surface area is 233 Å². The Morgan fingerprint density at radius 1 is 0.486 bits per heavy atom. The molecule has 3 atom stereocenters. The molecule has 0 spiro atoms. The van der Waals surface area contributed by atoms with Crippen molar-refractivity contribution in [3.63, 3.8) is 0 Å². The molecule has 0 radical (unpaired) electrons. The summed E-state index contributed by atoms with van der Waals surface area (Å²) in [5.74, 6) is 0. The van der Waals surface area contributed by atoms with Crippen molar-refractivity contribution >= 4 is 0 Å². The van der Waals surface area contributed by atoms with Crippen LogP contribution >= 0.6 is 0 Å². The minimum Gasteiger partial charge on any atom is -0.685 e. The van der Waals surface area contributed by atoms with Gasteiger partial charge in [0.2, 0.25) is 0 Å². The zero-order chi connectivity index (χ0) is 24.7. The van der Waals surface area contributed by atoms with Crippen molar-refractivity contribution in [2.75, 3.05) is 19.6 Å². The molecule has 6 heterocycles. The standard InChI is InChI=1S/3C10H10N2.Ru/c3*1-3-7-11-9(5-1)10-6-2-4-8-12-10;/h1-6H,7-8H2;1-7,9H,8H2;1-10H;/q3*-2;+8. The topological polar surface area (TPSA) is 84.6 Å². The van der Waals surface area contributed by atoms with Crippen LogP contribution in [-0.4, -0.2) is 37.8 Å². The Bertz CT molecular complexity index is 1040. The summed E-state index contributed by atoms with van der Waals surface area (Å²) in [6.07, 6.45) is 41.7. The molecule has 6 aliphatic rings. The molecular formula is C30H30N6Ru+2. The van der Waals surface area contributed by atoms with Crippen LogP contribution in [0.3, 0.4) is 0 Å². The van der Waals surface area contributed by atoms with E-state index in [0.717, 1.165) is 36.7 Å². The van der Waals surface area contributed by atoms with Gasteiger partial charge in [0.25, 0.3) is 0 Å². The van der Waals surface area contributed by atoms with Crippen molar-refractivity contribution in [3.8, 4) is 0 Å². The van der Waals surface area contributed by atoms with E-state index < -0.39 is 0 Å². The summed E-state index contributed by atoms with van der Waals surface area (Å²) in [4.78, 5) is 0. The van der Waals surface area contributed by atoms with Gasteiger partial charge in [0.05, 0.1) is 0 Å². The Morgan fingerprint density at radius 3 is 1.35 bits per heavy atom. The van der Waals surface area contributed by atoms with E-state index in [1.165, 1.54) is 0 Å². The van der Waals surface area contributed by atoms with Crippen LogP contribution in [-0.2, 0) is 19.5 Å². The first-order chi connectivity index (χ1) is 17.9. The summed E-state index contributed by atoms with van der Waals surface area (Å²) in [5.41, 5.74) is 3.06. The summed E-state index contributed by atoms with van der Waals surface area (Å²) >= 11 is 0. The summed E-state index contributed by atoms with van der Waals surface area (Å²) in [5, 5.41) is 25.9. The molecule has 0 N–H and O–H groups in total. The van der Waals surface area contributed by atoms with Crippen molar-refractivity contribution in [2.24, 2.45) is 0 Å². The van der Waals surface area contributed by atoms with E-state index in [1.807, 2.05) is 110 Å². The fourth-order valence-corrected chi connectivity index (χ4v) is 3.65. The van der Waals surface area contributed by atoms with Crippen molar-refractivity contribution in [1.82, 2.24) is 0 Å². The summed E-state index contributed by atoms with van der Waals surface area (Å²) in [6, 6.07) is 0.521. The number of hydrogen-bond acceptors (Lipinski definition) is 0. The molecule has 0 saturated carbocycles. The molecule has 37 heavy (non-hydrogen) atoms. The van der Waals surface area contributed by atoms with Crippen LogP contribution in [0.25, 0.3) is 31.9 Å². The van der Waals surface area contributed by atoms with E-state index in [0.29, 0.717) is 0 Å². The number of hydrogen-bond donors (Lipinski definition) is 0. The quantitative estimate of drug-likeness (QED) is 0.306. The van der Waals surface area contributed by atoms with E-state index in [-0.39, 0.29) is 37.6 Å². The maximum Gasteiger partial charge on any atom is 8.00 e. The molecule has 0 saturated heterocycles. The van der Waals surface area contributed by atoms with Crippen LogP contribution in [0.4, 0.5) is 0 Å². The van der Waals surface area contributed by atoms with Gasteiger partial charge in [-0.1, -0.05) is 85.0 Å². The van der Waals surface area contributed by atoms with Gasteiger partial charge in [-0.3, -0.25) is 0 Å². The molecule has 0 amide bonds. The normalized spacial score (nSPS) is 25.3. The molecule has 0 fully saturated rings. The molecule has 0 aromatic carbocycles. The summed E-state index contributed by atoms with van der Waals surface area (Å²) in [7, 11) is 0. The van der Waals surface area contributed by atoms with E-state index in [2.05, 4.69) is 50.1 Å². The SMILES string of the molecule is C1=CC[N-]C(C2=CC=CC[N-]2)=C1.C1=CC[N-]C(C2C=CC=C[N-]2)=C1.C1=C[N-]C(C2C=CC=C[N-]2)C=C1.[Ru+8]. The summed E-state index contributed by atoms with van der Waals surface area (Å²) in [6.45, 7) is 2.35. The predicted octanol–water partition coefficient (Wildman–Crippen LogP) is 7.92. The number of nitrogens with zero attached hydrogens (tertiary/aromatic N) is 6. The first-order valence-corrected chi connectivity index (χ1v) is 12.1. The van der Waals surface area contributed by atoms with Gasteiger partial charge in [-0.25, -0.2) is 0 Å². The average Bonchev–Trinajstić information content (AvgIpc) is 3.01. The minimum atomic E-state index is 0. The van der Waals surface area contributed by atoms with Gasteiger partial charge in [0.15, 0.2) is 0 Å². The average molecular weight is 576 g/mol. The Morgan fingerprint density at radius 2 is 0.973 bits per heavy atom. The van der Waals surface area contributed by atoms with E-state index >= 15 is 0 Å². The Kier molecular flexibility index (Phi) is 12.2. The van der Waals surface area contributed by atoms with Crippen molar-refractivity contribution in [3.05, 3.63) is 177 Å². The molecule has 6 aliphatic heterocycles. The zero-order valence-corrected chi connectivity index (χ0v) is 22.3. The molecule has 186 valence electrons. The molecule has 6 nitrogen and oxygen atoms in total. The second kappa shape index (κ2) is 16.1. The van der Waals surface area contributed by atoms with Crippen LogP contribution in [0.15, 0.2) is 145 Å². The van der Waals surface area contributed by atoms with E-state index in [1.54, 1.807) is 0 Å². The van der Waals surface area contributed by atoms with Crippen molar-refractivity contribution in [2.45, 2.75) is 18.1 Å². The molecule has 6 rings (SSSR count). The maximum atomic E-state index is 4.35. The molecule has 3 unspecified atom stereocenters. The Hall–Kier alpha value is -3.70. The molecule has 7 heteroatoms. The van der Waals surface area contributed by atoms with Crippen LogP contribution in [0, 0.1) is 0 Å². The second-order valence-electron chi connectivity index (χ2n) is 8.05. The Balaban J connectivity index is 0.000000152. The number of rotatable bonds is 3. The molecule has 0 aromatic heterocycles. The first-order valence-electron chi connectivity index (χ1n) is 12.1. The number of allylic oxidation sites excluding steroid dienone is 12. The third kappa shape index (κ3) is 9.36. The monoisotopic (exact) mass is 576 g/mol. The van der Waals surface area contributed by atoms with Gasteiger partial charge >= 0.3 is 19.5 Å². The van der Waals surface area contributed by atoms with Gasteiger partial charge in [-0.05, 0) is 0 Å². The van der Waals surface area contributed by atoms with Crippen molar-refractivity contribution in [1.29, 1.82) is 0 Å². The summed E-state index contributed by atoms with van der Waals surface area (Å²) < 4.78 is 0. The van der Waals surface area contributed by atoms with Gasteiger partial charge in [-0.2, -0.15) is 35.7 Å². The van der Waals surface area contributed by atoms with E-state index in [4.69, 9.17) is 0 Å². The molecule has 0 aliphatic carbocycles. The van der Waals surface area contributed by atoms with Crippen LogP contribution in [0.5, 0.6) is 0 Å². The van der Waals surface area contributed by atoms with Crippen LogP contribution < -0.4 is 0 Å². The fourth-order valence-electron chi connectivity index (χ4n) is 3.65. The van der Waals surface area contributed by atoms with Crippen LogP contribution in [0.2, 0.25) is 0 Å². The molecule has 0 aromatic rings. The van der Waals surface area contributed by atoms with Gasteiger partial charge in [0, 0.05) is 0 Å². The smallest absolute Gasteiger partial charge is 0.685 e. The largest absolute Gasteiger partial charge is 8.00 e.